The van der Waals surface area contributed by atoms with E-state index in [-0.39, 0.29) is 6.42 Å². The zero-order valence-electron chi connectivity index (χ0n) is 8.57. The summed E-state index contributed by atoms with van der Waals surface area (Å²) in [4.78, 5) is 10.5. The molecule has 0 saturated carbocycles. The quantitative estimate of drug-likeness (QED) is 0.440. The molecule has 0 aromatic heterocycles. The maximum Gasteiger partial charge on any atom is 0.544 e. The second-order valence-corrected chi connectivity index (χ2v) is 3.56. The highest BCUT2D eigenvalue weighted by atomic mass is 19.4. The standard InChI is InChI=1S/C9H17BF3O/c1-2-3-4-5-6-7-8-9(14)10(11,12)13/h2-8H2,1H3/q-1. The maximum atomic E-state index is 11.8. The number of unbranched alkanes of at least 4 members (excludes halogenated alkanes) is 5. The minimum absolute atomic E-state index is 0.324. The molecule has 0 heterocycles. The van der Waals surface area contributed by atoms with Crippen LogP contribution in [0, 0.1) is 0 Å². The molecular formula is C9H17BF3O-. The highest BCUT2D eigenvalue weighted by molar-refractivity contribution is 6.90. The smallest absolute Gasteiger partial charge is 0.443 e. The summed E-state index contributed by atoms with van der Waals surface area (Å²) in [6.07, 6.45) is 5.02. The lowest BCUT2D eigenvalue weighted by atomic mass is 9.81. The Morgan fingerprint density at radius 3 is 2.00 bits per heavy atom. The third-order valence-electron chi connectivity index (χ3n) is 2.14. The Balaban J connectivity index is 3.33. The molecule has 14 heavy (non-hydrogen) atoms. The molecule has 84 valence electrons. The van der Waals surface area contributed by atoms with Crippen molar-refractivity contribution in [2.75, 3.05) is 0 Å². The zero-order valence-corrected chi connectivity index (χ0v) is 8.57. The lowest BCUT2D eigenvalue weighted by molar-refractivity contribution is -0.115. The van der Waals surface area contributed by atoms with E-state index in [0.29, 0.717) is 6.42 Å². The summed E-state index contributed by atoms with van der Waals surface area (Å²) in [6.45, 7) is -3.16. The molecule has 0 fully saturated rings. The Kier molecular flexibility index (Phi) is 6.67. The van der Waals surface area contributed by atoms with E-state index < -0.39 is 12.7 Å². The Hall–Kier alpha value is -0.475. The van der Waals surface area contributed by atoms with E-state index in [1.807, 2.05) is 0 Å². The van der Waals surface area contributed by atoms with Gasteiger partial charge in [-0.15, -0.1) is 0 Å². The van der Waals surface area contributed by atoms with E-state index in [0.717, 1.165) is 32.1 Å². The van der Waals surface area contributed by atoms with Gasteiger partial charge in [0.1, 0.15) is 0 Å². The predicted molar refractivity (Wildman–Crippen MR) is 52.1 cm³/mol. The topological polar surface area (TPSA) is 17.1 Å². The van der Waals surface area contributed by atoms with Crippen LogP contribution in [-0.2, 0) is 4.79 Å². The zero-order chi connectivity index (χ0) is 11.0. The average molecular weight is 209 g/mol. The summed E-state index contributed by atoms with van der Waals surface area (Å²) in [7, 11) is 0. The van der Waals surface area contributed by atoms with Crippen LogP contribution in [0.5, 0.6) is 0 Å². The average Bonchev–Trinajstić information content (AvgIpc) is 2.09. The summed E-state index contributed by atoms with van der Waals surface area (Å²) >= 11 is 0. The molecule has 5 heteroatoms. The summed E-state index contributed by atoms with van der Waals surface area (Å²) in [5.41, 5.74) is -1.53. The third-order valence-corrected chi connectivity index (χ3v) is 2.14. The number of hydrogen-bond donors (Lipinski definition) is 0. The largest absolute Gasteiger partial charge is 0.544 e. The van der Waals surface area contributed by atoms with E-state index in [1.165, 1.54) is 0 Å². The van der Waals surface area contributed by atoms with Gasteiger partial charge in [0.2, 0.25) is 0 Å². The molecule has 0 atom stereocenters. The fourth-order valence-electron chi connectivity index (χ4n) is 1.24. The lowest BCUT2D eigenvalue weighted by Crippen LogP contribution is -2.29. The molecule has 0 aliphatic rings. The molecule has 0 saturated heterocycles. The van der Waals surface area contributed by atoms with Gasteiger partial charge in [-0.1, -0.05) is 39.0 Å². The summed E-state index contributed by atoms with van der Waals surface area (Å²) < 4.78 is 35.4. The van der Waals surface area contributed by atoms with Crippen LogP contribution in [-0.4, -0.2) is 12.7 Å². The van der Waals surface area contributed by atoms with E-state index >= 15 is 0 Å². The van der Waals surface area contributed by atoms with Crippen molar-refractivity contribution in [1.82, 2.24) is 0 Å². The van der Waals surface area contributed by atoms with Crippen molar-refractivity contribution >= 4 is 12.7 Å². The van der Waals surface area contributed by atoms with Crippen molar-refractivity contribution in [1.29, 1.82) is 0 Å². The van der Waals surface area contributed by atoms with Gasteiger partial charge >= 0.3 is 6.98 Å². The van der Waals surface area contributed by atoms with Crippen LogP contribution in [0.25, 0.3) is 0 Å². The van der Waals surface area contributed by atoms with Gasteiger partial charge in [0, 0.05) is 0 Å². The molecule has 0 aromatic carbocycles. The van der Waals surface area contributed by atoms with Crippen LogP contribution in [0.3, 0.4) is 0 Å². The predicted octanol–water partition coefficient (Wildman–Crippen LogP) is 3.69. The van der Waals surface area contributed by atoms with Gasteiger partial charge in [-0.05, 0) is 12.8 Å². The molecule has 0 aliphatic carbocycles. The number of carbonyl (C=O) groups excluding carboxylic acids is 1. The van der Waals surface area contributed by atoms with Crippen molar-refractivity contribution in [2.45, 2.75) is 51.9 Å². The number of hydrogen-bond acceptors (Lipinski definition) is 1. The van der Waals surface area contributed by atoms with E-state index in [4.69, 9.17) is 0 Å². The van der Waals surface area contributed by atoms with Gasteiger partial charge in [0.15, 0.2) is 0 Å². The maximum absolute atomic E-state index is 11.8. The van der Waals surface area contributed by atoms with Gasteiger partial charge in [-0.25, -0.2) is 0 Å². The Bertz CT molecular complexity index is 168. The molecule has 0 rings (SSSR count). The molecule has 0 aliphatic heterocycles. The number of rotatable bonds is 8. The first-order chi connectivity index (χ1) is 6.48. The van der Waals surface area contributed by atoms with Crippen molar-refractivity contribution in [3.63, 3.8) is 0 Å². The van der Waals surface area contributed by atoms with Crippen molar-refractivity contribution in [3.8, 4) is 0 Å². The van der Waals surface area contributed by atoms with Crippen molar-refractivity contribution in [3.05, 3.63) is 0 Å². The van der Waals surface area contributed by atoms with Crippen LogP contribution >= 0.6 is 0 Å². The third kappa shape index (κ3) is 6.98. The fourth-order valence-corrected chi connectivity index (χ4v) is 1.24. The molecular weight excluding hydrogens is 192 g/mol. The summed E-state index contributed by atoms with van der Waals surface area (Å²) in [5, 5.41) is 0. The number of carbonyl (C=O) groups is 1. The van der Waals surface area contributed by atoms with Crippen molar-refractivity contribution < 1.29 is 17.7 Å². The minimum Gasteiger partial charge on any atom is -0.443 e. The van der Waals surface area contributed by atoms with Crippen LogP contribution in [0.4, 0.5) is 12.9 Å². The molecule has 0 spiro atoms. The van der Waals surface area contributed by atoms with Crippen molar-refractivity contribution in [2.24, 2.45) is 0 Å². The van der Waals surface area contributed by atoms with E-state index in [1.54, 1.807) is 0 Å². The van der Waals surface area contributed by atoms with Gasteiger partial charge in [-0.2, -0.15) is 0 Å². The fraction of sp³-hybridized carbons (Fsp3) is 0.889. The Morgan fingerprint density at radius 1 is 1.00 bits per heavy atom. The molecule has 0 unspecified atom stereocenters. The van der Waals surface area contributed by atoms with Crippen LogP contribution in [0.1, 0.15) is 51.9 Å². The Morgan fingerprint density at radius 2 is 1.50 bits per heavy atom. The van der Waals surface area contributed by atoms with Gasteiger partial charge in [-0.3, -0.25) is 0 Å². The van der Waals surface area contributed by atoms with E-state index in [9.17, 15) is 17.7 Å². The monoisotopic (exact) mass is 209 g/mol. The summed E-state index contributed by atoms with van der Waals surface area (Å²) in [5.74, 6) is 0. The summed E-state index contributed by atoms with van der Waals surface area (Å²) in [6, 6.07) is 0. The first-order valence-electron chi connectivity index (χ1n) is 5.21. The Labute approximate surface area is 83.1 Å². The second-order valence-electron chi connectivity index (χ2n) is 3.56. The SMILES string of the molecule is CCCCCCCCC(=O)[B-](F)(F)F. The normalized spacial score (nSPS) is 11.7. The molecule has 0 bridgehead atoms. The molecule has 0 radical (unpaired) electrons. The first kappa shape index (κ1) is 13.5. The van der Waals surface area contributed by atoms with Crippen LogP contribution < -0.4 is 0 Å². The highest BCUT2D eigenvalue weighted by Gasteiger charge is 2.31. The minimum atomic E-state index is -5.24. The van der Waals surface area contributed by atoms with Crippen LogP contribution in [0.2, 0.25) is 0 Å². The van der Waals surface area contributed by atoms with Gasteiger partial charge < -0.3 is 17.7 Å². The van der Waals surface area contributed by atoms with Gasteiger partial charge in [0.25, 0.3) is 0 Å². The van der Waals surface area contributed by atoms with Crippen LogP contribution in [0.15, 0.2) is 0 Å². The number of halogens is 3. The molecule has 0 aromatic rings. The van der Waals surface area contributed by atoms with E-state index in [2.05, 4.69) is 6.92 Å². The molecule has 0 amide bonds. The first-order valence-corrected chi connectivity index (χ1v) is 5.21. The second kappa shape index (κ2) is 6.90. The van der Waals surface area contributed by atoms with Gasteiger partial charge in [0.05, 0.1) is 5.68 Å². The molecule has 0 N–H and O–H groups in total. The lowest BCUT2D eigenvalue weighted by Gasteiger charge is -2.11. The molecule has 1 nitrogen and oxygen atoms in total. The highest BCUT2D eigenvalue weighted by Crippen LogP contribution is 2.15.